The minimum absolute atomic E-state index is 0.0222. The number of carboxylic acid groups (broad SMARTS) is 1. The highest BCUT2D eigenvalue weighted by molar-refractivity contribution is 5.80. The van der Waals surface area contributed by atoms with Crippen molar-refractivity contribution in [3.05, 3.63) is 11.6 Å². The Bertz CT molecular complexity index is 202. The highest BCUT2D eigenvalue weighted by Crippen LogP contribution is 2.31. The first-order valence-electron chi connectivity index (χ1n) is 4.82. The third-order valence-electron chi connectivity index (χ3n) is 2.56. The molecule has 0 amide bonds. The lowest BCUT2D eigenvalue weighted by atomic mass is 9.80. The Labute approximate surface area is 80.7 Å². The molecule has 0 aliphatic rings. The molecule has 0 atom stereocenters. The molecule has 0 aromatic heterocycles. The van der Waals surface area contributed by atoms with E-state index in [0.29, 0.717) is 0 Å². The molecule has 1 N–H and O–H groups in total. The Kier molecular flexibility index (Phi) is 4.74. The van der Waals surface area contributed by atoms with Crippen LogP contribution < -0.4 is 0 Å². The zero-order chi connectivity index (χ0) is 10.5. The first kappa shape index (κ1) is 12.2. The van der Waals surface area contributed by atoms with E-state index in [1.54, 1.807) is 0 Å². The van der Waals surface area contributed by atoms with E-state index in [2.05, 4.69) is 20.8 Å². The quantitative estimate of drug-likeness (QED) is 0.666. The van der Waals surface area contributed by atoms with Crippen molar-refractivity contribution in [1.29, 1.82) is 0 Å². The summed E-state index contributed by atoms with van der Waals surface area (Å²) < 4.78 is 0. The van der Waals surface area contributed by atoms with Crippen LogP contribution in [0.3, 0.4) is 0 Å². The van der Waals surface area contributed by atoms with Crippen LogP contribution in [0.25, 0.3) is 0 Å². The van der Waals surface area contributed by atoms with Crippen molar-refractivity contribution < 1.29 is 9.90 Å². The summed E-state index contributed by atoms with van der Waals surface area (Å²) in [6, 6.07) is 0. The number of hydrogen-bond donors (Lipinski definition) is 1. The van der Waals surface area contributed by atoms with Gasteiger partial charge in [-0.25, -0.2) is 4.79 Å². The minimum Gasteiger partial charge on any atom is -0.478 e. The number of aliphatic carboxylic acids is 1. The lowest BCUT2D eigenvalue weighted by molar-refractivity contribution is -0.131. The molecule has 76 valence electrons. The summed E-state index contributed by atoms with van der Waals surface area (Å²) in [5, 5.41) is 8.60. The van der Waals surface area contributed by atoms with Crippen LogP contribution in [0.4, 0.5) is 0 Å². The number of carbonyl (C=O) groups is 1. The first-order chi connectivity index (χ1) is 5.90. The molecular weight excluding hydrogens is 164 g/mol. The Hall–Kier alpha value is -0.790. The van der Waals surface area contributed by atoms with Gasteiger partial charge in [-0.3, -0.25) is 0 Å². The maximum absolute atomic E-state index is 10.5. The fraction of sp³-hybridized carbons (Fsp3) is 0.727. The smallest absolute Gasteiger partial charge is 0.328 e. The van der Waals surface area contributed by atoms with Crippen LogP contribution in [0, 0.1) is 5.41 Å². The molecule has 0 saturated carbocycles. The largest absolute Gasteiger partial charge is 0.478 e. The van der Waals surface area contributed by atoms with Gasteiger partial charge in [-0.1, -0.05) is 39.2 Å². The lowest BCUT2D eigenvalue weighted by Crippen LogP contribution is -2.14. The van der Waals surface area contributed by atoms with Crippen LogP contribution in [0.1, 0.15) is 47.0 Å². The number of allylic oxidation sites excluding steroid dienone is 1. The average molecular weight is 184 g/mol. The van der Waals surface area contributed by atoms with Crippen molar-refractivity contribution in [2.24, 2.45) is 5.41 Å². The standard InChI is InChI=1S/C11H20O2/c1-5-6-7-11(3,4)9(2)8-10(12)13/h8H,5-7H2,1-4H3,(H,12,13)/b9-8+. The average Bonchev–Trinajstić information content (AvgIpc) is 1.99. The molecule has 13 heavy (non-hydrogen) atoms. The van der Waals surface area contributed by atoms with Crippen molar-refractivity contribution in [2.75, 3.05) is 0 Å². The number of hydrogen-bond acceptors (Lipinski definition) is 1. The summed E-state index contributed by atoms with van der Waals surface area (Å²) in [5.74, 6) is -0.845. The van der Waals surface area contributed by atoms with Crippen molar-refractivity contribution in [2.45, 2.75) is 47.0 Å². The topological polar surface area (TPSA) is 37.3 Å². The number of rotatable bonds is 5. The Morgan fingerprint density at radius 3 is 2.38 bits per heavy atom. The van der Waals surface area contributed by atoms with Gasteiger partial charge in [0.05, 0.1) is 0 Å². The van der Waals surface area contributed by atoms with Gasteiger partial charge in [-0.15, -0.1) is 0 Å². The first-order valence-corrected chi connectivity index (χ1v) is 4.82. The Morgan fingerprint density at radius 2 is 2.00 bits per heavy atom. The summed E-state index contributed by atoms with van der Waals surface area (Å²) in [4.78, 5) is 10.5. The highest BCUT2D eigenvalue weighted by Gasteiger charge is 2.19. The van der Waals surface area contributed by atoms with Crippen LogP contribution in [0.2, 0.25) is 0 Å². The molecular formula is C11H20O2. The van der Waals surface area contributed by atoms with Crippen LogP contribution in [0.15, 0.2) is 11.6 Å². The summed E-state index contributed by atoms with van der Waals surface area (Å²) in [7, 11) is 0. The fourth-order valence-electron chi connectivity index (χ4n) is 1.20. The molecule has 0 aromatic rings. The van der Waals surface area contributed by atoms with E-state index >= 15 is 0 Å². The van der Waals surface area contributed by atoms with Gasteiger partial charge in [0.25, 0.3) is 0 Å². The summed E-state index contributed by atoms with van der Waals surface area (Å²) in [5.41, 5.74) is 0.974. The second-order valence-corrected chi connectivity index (χ2v) is 4.15. The summed E-state index contributed by atoms with van der Waals surface area (Å²) in [6.45, 7) is 8.23. The zero-order valence-electron chi connectivity index (χ0n) is 9.05. The van der Waals surface area contributed by atoms with E-state index in [9.17, 15) is 4.79 Å². The monoisotopic (exact) mass is 184 g/mol. The molecule has 0 bridgehead atoms. The van der Waals surface area contributed by atoms with E-state index in [0.717, 1.165) is 24.8 Å². The Morgan fingerprint density at radius 1 is 1.46 bits per heavy atom. The second-order valence-electron chi connectivity index (χ2n) is 4.15. The van der Waals surface area contributed by atoms with Crippen molar-refractivity contribution in [1.82, 2.24) is 0 Å². The highest BCUT2D eigenvalue weighted by atomic mass is 16.4. The van der Waals surface area contributed by atoms with Gasteiger partial charge >= 0.3 is 5.97 Å². The zero-order valence-corrected chi connectivity index (χ0v) is 9.05. The molecule has 0 saturated heterocycles. The van der Waals surface area contributed by atoms with E-state index in [1.807, 2.05) is 6.92 Å². The van der Waals surface area contributed by atoms with E-state index in [-0.39, 0.29) is 5.41 Å². The van der Waals surface area contributed by atoms with E-state index < -0.39 is 5.97 Å². The van der Waals surface area contributed by atoms with Crippen LogP contribution >= 0.6 is 0 Å². The summed E-state index contributed by atoms with van der Waals surface area (Å²) in [6.07, 6.45) is 4.68. The third kappa shape index (κ3) is 4.71. The van der Waals surface area contributed by atoms with Gasteiger partial charge < -0.3 is 5.11 Å². The van der Waals surface area contributed by atoms with Gasteiger partial charge in [-0.05, 0) is 18.8 Å². The molecule has 0 spiro atoms. The molecule has 2 nitrogen and oxygen atoms in total. The molecule has 0 unspecified atom stereocenters. The normalized spacial score (nSPS) is 13.1. The van der Waals surface area contributed by atoms with Gasteiger partial charge in [-0.2, -0.15) is 0 Å². The van der Waals surface area contributed by atoms with Gasteiger partial charge in [0.2, 0.25) is 0 Å². The predicted octanol–water partition coefficient (Wildman–Crippen LogP) is 3.23. The Balaban J connectivity index is 4.34. The minimum atomic E-state index is -0.845. The van der Waals surface area contributed by atoms with Crippen LogP contribution in [-0.2, 0) is 4.79 Å². The predicted molar refractivity (Wildman–Crippen MR) is 54.7 cm³/mol. The van der Waals surface area contributed by atoms with Crippen molar-refractivity contribution in [3.63, 3.8) is 0 Å². The SMILES string of the molecule is CCCCC(C)(C)/C(C)=C/C(=O)O. The molecule has 0 heterocycles. The molecule has 0 radical (unpaired) electrons. The lowest BCUT2D eigenvalue weighted by Gasteiger charge is -2.25. The number of unbranched alkanes of at least 4 members (excludes halogenated alkanes) is 1. The van der Waals surface area contributed by atoms with Gasteiger partial charge in [0.15, 0.2) is 0 Å². The van der Waals surface area contributed by atoms with E-state index in [1.165, 1.54) is 6.08 Å². The number of carboxylic acids is 1. The third-order valence-corrected chi connectivity index (χ3v) is 2.56. The van der Waals surface area contributed by atoms with Crippen molar-refractivity contribution >= 4 is 5.97 Å². The molecule has 2 heteroatoms. The molecule has 0 aromatic carbocycles. The van der Waals surface area contributed by atoms with Crippen molar-refractivity contribution in [3.8, 4) is 0 Å². The maximum Gasteiger partial charge on any atom is 0.328 e. The summed E-state index contributed by atoms with van der Waals surface area (Å²) >= 11 is 0. The van der Waals surface area contributed by atoms with E-state index in [4.69, 9.17) is 5.11 Å². The maximum atomic E-state index is 10.5. The van der Waals surface area contributed by atoms with Gasteiger partial charge in [0.1, 0.15) is 0 Å². The van der Waals surface area contributed by atoms with Crippen LogP contribution in [-0.4, -0.2) is 11.1 Å². The molecule has 0 rings (SSSR count). The molecule has 0 aliphatic carbocycles. The molecule has 0 aliphatic heterocycles. The molecule has 0 fully saturated rings. The second kappa shape index (κ2) is 5.05. The van der Waals surface area contributed by atoms with Gasteiger partial charge in [0, 0.05) is 6.08 Å². The van der Waals surface area contributed by atoms with Crippen LogP contribution in [0.5, 0.6) is 0 Å². The fourth-order valence-corrected chi connectivity index (χ4v) is 1.20.